The second-order valence-electron chi connectivity index (χ2n) is 7.92. The van der Waals surface area contributed by atoms with Crippen molar-refractivity contribution in [2.75, 3.05) is 19.0 Å². The van der Waals surface area contributed by atoms with Crippen LogP contribution in [0, 0.1) is 0 Å². The zero-order chi connectivity index (χ0) is 25.8. The Kier molecular flexibility index (Phi) is 7.29. The summed E-state index contributed by atoms with van der Waals surface area (Å²) in [6.45, 7) is 3.48. The van der Waals surface area contributed by atoms with Gasteiger partial charge in [-0.3, -0.25) is 19.0 Å². The molecule has 3 aromatic rings. The molecule has 1 fully saturated rings. The summed E-state index contributed by atoms with van der Waals surface area (Å²) in [7, 11) is 1.58. The van der Waals surface area contributed by atoms with Crippen molar-refractivity contribution >= 4 is 40.6 Å². The molecule has 13 heteroatoms. The van der Waals surface area contributed by atoms with E-state index in [1.807, 2.05) is 12.1 Å². The van der Waals surface area contributed by atoms with Gasteiger partial charge < -0.3 is 29.0 Å². The monoisotopic (exact) mass is 499 g/mol. The second-order valence-corrected chi connectivity index (χ2v) is 7.92. The van der Waals surface area contributed by atoms with Gasteiger partial charge in [0.2, 0.25) is 0 Å². The molecule has 36 heavy (non-hydrogen) atoms. The van der Waals surface area contributed by atoms with Gasteiger partial charge >= 0.3 is 17.9 Å². The van der Waals surface area contributed by atoms with Gasteiger partial charge in [0.1, 0.15) is 24.8 Å². The van der Waals surface area contributed by atoms with E-state index in [9.17, 15) is 14.4 Å². The summed E-state index contributed by atoms with van der Waals surface area (Å²) in [5.74, 6) is -0.627. The standard InChI is InChI=1S/C23H25N5O8/c1-12(29)33-9-17-19(34-13(2)30)20(35-14(3)31)23(36-17)28-11-26-18-21(24-10-25-22(18)28)27-15-5-7-16(32-4)8-6-15/h5-8,10-11,17,19-20,23H,9H2,1-4H3,(H,24,25,27)/t17-,19?,20?,23-/m1/s1. The third-order valence-corrected chi connectivity index (χ3v) is 5.33. The Labute approximate surface area is 205 Å². The van der Waals surface area contributed by atoms with Gasteiger partial charge in [-0.15, -0.1) is 0 Å². The van der Waals surface area contributed by atoms with Crippen molar-refractivity contribution in [3.8, 4) is 5.75 Å². The normalized spacial score (nSPS) is 21.1. The minimum atomic E-state index is -1.06. The number of hydrogen-bond acceptors (Lipinski definition) is 12. The third-order valence-electron chi connectivity index (χ3n) is 5.33. The molecule has 0 aliphatic carbocycles. The first-order valence-electron chi connectivity index (χ1n) is 11.0. The minimum Gasteiger partial charge on any atom is -0.497 e. The number of aromatic nitrogens is 4. The highest BCUT2D eigenvalue weighted by atomic mass is 16.7. The molecule has 0 saturated carbocycles. The first kappa shape index (κ1) is 24.9. The summed E-state index contributed by atoms with van der Waals surface area (Å²) in [4.78, 5) is 48.1. The van der Waals surface area contributed by atoms with Gasteiger partial charge in [-0.05, 0) is 24.3 Å². The predicted octanol–water partition coefficient (Wildman–Crippen LogP) is 1.90. The maximum Gasteiger partial charge on any atom is 0.303 e. The lowest BCUT2D eigenvalue weighted by molar-refractivity contribution is -0.166. The number of carbonyl (C=O) groups is 3. The van der Waals surface area contributed by atoms with E-state index in [1.165, 1.54) is 33.4 Å². The van der Waals surface area contributed by atoms with Crippen LogP contribution in [0.15, 0.2) is 36.9 Å². The molecule has 13 nitrogen and oxygen atoms in total. The Hall–Kier alpha value is -4.26. The smallest absolute Gasteiger partial charge is 0.303 e. The number of ether oxygens (including phenoxy) is 5. The zero-order valence-corrected chi connectivity index (χ0v) is 20.0. The number of nitrogens with one attached hydrogen (secondary N) is 1. The molecule has 0 radical (unpaired) electrons. The number of nitrogens with zero attached hydrogens (tertiary/aromatic N) is 4. The van der Waals surface area contributed by atoms with E-state index >= 15 is 0 Å². The molecule has 4 atom stereocenters. The molecular formula is C23H25N5O8. The Bertz CT molecular complexity index is 1260. The van der Waals surface area contributed by atoms with Crippen molar-refractivity contribution in [1.29, 1.82) is 0 Å². The summed E-state index contributed by atoms with van der Waals surface area (Å²) in [6.07, 6.45) is -1.17. The van der Waals surface area contributed by atoms with Crippen LogP contribution in [0.25, 0.3) is 11.2 Å². The number of methoxy groups -OCH3 is 1. The molecule has 2 aromatic heterocycles. The topological polar surface area (TPSA) is 153 Å². The van der Waals surface area contributed by atoms with Gasteiger partial charge in [0.15, 0.2) is 35.4 Å². The number of benzene rings is 1. The largest absolute Gasteiger partial charge is 0.497 e. The number of imidazole rings is 1. The van der Waals surface area contributed by atoms with Crippen LogP contribution in [0.1, 0.15) is 27.0 Å². The predicted molar refractivity (Wildman–Crippen MR) is 123 cm³/mol. The van der Waals surface area contributed by atoms with Gasteiger partial charge in [0, 0.05) is 26.5 Å². The van der Waals surface area contributed by atoms with Crippen LogP contribution in [-0.2, 0) is 33.3 Å². The first-order chi connectivity index (χ1) is 17.3. The van der Waals surface area contributed by atoms with E-state index in [2.05, 4.69) is 20.3 Å². The molecule has 1 aliphatic rings. The molecule has 0 amide bonds. The fourth-order valence-electron chi connectivity index (χ4n) is 3.86. The van der Waals surface area contributed by atoms with E-state index in [0.717, 1.165) is 5.69 Å². The van der Waals surface area contributed by atoms with Gasteiger partial charge in [-0.2, -0.15) is 0 Å². The van der Waals surface area contributed by atoms with Crippen molar-refractivity contribution in [3.63, 3.8) is 0 Å². The van der Waals surface area contributed by atoms with Crippen molar-refractivity contribution < 1.29 is 38.1 Å². The number of hydrogen-bond donors (Lipinski definition) is 1. The Morgan fingerprint density at radius 1 is 0.972 bits per heavy atom. The lowest BCUT2D eigenvalue weighted by Gasteiger charge is -2.23. The number of rotatable bonds is 8. The quantitative estimate of drug-likeness (QED) is 0.356. The van der Waals surface area contributed by atoms with Crippen molar-refractivity contribution in [2.45, 2.75) is 45.3 Å². The summed E-state index contributed by atoms with van der Waals surface area (Å²) < 4.78 is 28.8. The molecule has 1 saturated heterocycles. The third kappa shape index (κ3) is 5.35. The Morgan fingerprint density at radius 2 is 1.67 bits per heavy atom. The van der Waals surface area contributed by atoms with Crippen LogP contribution in [0.2, 0.25) is 0 Å². The van der Waals surface area contributed by atoms with Crippen LogP contribution >= 0.6 is 0 Å². The number of esters is 3. The zero-order valence-electron chi connectivity index (χ0n) is 20.0. The molecule has 190 valence electrons. The maximum absolute atomic E-state index is 11.9. The Morgan fingerprint density at radius 3 is 2.31 bits per heavy atom. The Balaban J connectivity index is 1.68. The lowest BCUT2D eigenvalue weighted by atomic mass is 10.1. The summed E-state index contributed by atoms with van der Waals surface area (Å²) in [6, 6.07) is 7.25. The van der Waals surface area contributed by atoms with E-state index in [0.29, 0.717) is 22.7 Å². The first-order valence-corrected chi connectivity index (χ1v) is 11.0. The minimum absolute atomic E-state index is 0.215. The van der Waals surface area contributed by atoms with Crippen molar-refractivity contribution in [2.24, 2.45) is 0 Å². The second kappa shape index (κ2) is 10.6. The van der Waals surface area contributed by atoms with Gasteiger partial charge in [0.25, 0.3) is 0 Å². The number of carbonyl (C=O) groups excluding carboxylic acids is 3. The highest BCUT2D eigenvalue weighted by molar-refractivity contribution is 5.85. The van der Waals surface area contributed by atoms with Crippen LogP contribution in [0.5, 0.6) is 5.75 Å². The van der Waals surface area contributed by atoms with E-state index in [4.69, 9.17) is 23.7 Å². The molecule has 1 aromatic carbocycles. The van der Waals surface area contributed by atoms with Gasteiger partial charge in [-0.1, -0.05) is 0 Å². The van der Waals surface area contributed by atoms with Crippen molar-refractivity contribution in [1.82, 2.24) is 19.5 Å². The van der Waals surface area contributed by atoms with Crippen LogP contribution in [-0.4, -0.2) is 69.5 Å². The summed E-state index contributed by atoms with van der Waals surface area (Å²) in [5, 5.41) is 3.19. The fraction of sp³-hybridized carbons (Fsp3) is 0.391. The van der Waals surface area contributed by atoms with Gasteiger partial charge in [-0.25, -0.2) is 15.0 Å². The highest BCUT2D eigenvalue weighted by Crippen LogP contribution is 2.36. The SMILES string of the molecule is COc1ccc(Nc2ncnc3c2ncn3[C@@H]2O[C@H](COC(C)=O)C(OC(C)=O)C2OC(C)=O)cc1. The molecular weight excluding hydrogens is 474 g/mol. The van der Waals surface area contributed by atoms with Crippen LogP contribution < -0.4 is 10.1 Å². The maximum atomic E-state index is 11.9. The molecule has 1 aliphatic heterocycles. The van der Waals surface area contributed by atoms with Crippen LogP contribution in [0.4, 0.5) is 11.5 Å². The van der Waals surface area contributed by atoms with E-state index < -0.39 is 42.4 Å². The van der Waals surface area contributed by atoms with Gasteiger partial charge in [0.05, 0.1) is 13.4 Å². The van der Waals surface area contributed by atoms with Crippen molar-refractivity contribution in [3.05, 3.63) is 36.9 Å². The average Bonchev–Trinajstić information content (AvgIpc) is 3.40. The fourth-order valence-corrected chi connectivity index (χ4v) is 3.86. The number of fused-ring (bicyclic) bond motifs is 1. The molecule has 0 bridgehead atoms. The summed E-state index contributed by atoms with van der Waals surface area (Å²) >= 11 is 0. The molecule has 3 heterocycles. The average molecular weight is 499 g/mol. The number of anilines is 2. The summed E-state index contributed by atoms with van der Waals surface area (Å²) in [5.41, 5.74) is 1.54. The van der Waals surface area contributed by atoms with Crippen LogP contribution in [0.3, 0.4) is 0 Å². The molecule has 2 unspecified atom stereocenters. The van der Waals surface area contributed by atoms with E-state index in [1.54, 1.807) is 23.8 Å². The molecule has 4 rings (SSSR count). The lowest BCUT2D eigenvalue weighted by Crippen LogP contribution is -2.40. The highest BCUT2D eigenvalue weighted by Gasteiger charge is 2.51. The molecule has 1 N–H and O–H groups in total. The molecule has 0 spiro atoms. The van der Waals surface area contributed by atoms with E-state index in [-0.39, 0.29) is 6.61 Å².